The smallest absolute Gasteiger partial charge is 0.408 e. The van der Waals surface area contributed by atoms with Gasteiger partial charge in [-0.15, -0.1) is 0 Å². The first-order chi connectivity index (χ1) is 15.4. The van der Waals surface area contributed by atoms with Gasteiger partial charge in [0.1, 0.15) is 6.04 Å². The molecule has 2 aromatic carbocycles. The first kappa shape index (κ1) is 24.9. The third-order valence-electron chi connectivity index (χ3n) is 4.84. The molecule has 170 valence electrons. The summed E-state index contributed by atoms with van der Waals surface area (Å²) in [6.07, 6.45) is -1.30. The third-order valence-corrected chi connectivity index (χ3v) is 4.84. The van der Waals surface area contributed by atoms with Gasteiger partial charge in [-0.3, -0.25) is 4.79 Å². The van der Waals surface area contributed by atoms with Crippen LogP contribution in [0.3, 0.4) is 0 Å². The number of benzene rings is 2. The molecule has 0 unspecified atom stereocenters. The first-order valence-corrected chi connectivity index (χ1v) is 10.7. The summed E-state index contributed by atoms with van der Waals surface area (Å²) in [7, 11) is 1.53. The van der Waals surface area contributed by atoms with Crippen molar-refractivity contribution in [3.8, 4) is 6.07 Å². The number of nitriles is 1. The third kappa shape index (κ3) is 8.40. The molecule has 0 saturated carbocycles. The Labute approximate surface area is 189 Å². The maximum atomic E-state index is 13.0. The molecule has 0 aliphatic rings. The summed E-state index contributed by atoms with van der Waals surface area (Å²) >= 11 is 0. The Hall–Kier alpha value is -3.37. The first-order valence-electron chi connectivity index (χ1n) is 10.7. The number of nitrogens with zero attached hydrogens (tertiary/aromatic N) is 2. The molecule has 7 heteroatoms. The predicted octanol–water partition coefficient (Wildman–Crippen LogP) is 3.89. The monoisotopic (exact) mass is 437 g/mol. The SMILES string of the molecule is CC(C)C[C@H](OC(=O)NCc1ccccc1)C(=O)N(C)[C@H](C#N)COCc1ccccc1. The largest absolute Gasteiger partial charge is 0.436 e. The van der Waals surface area contributed by atoms with E-state index in [-0.39, 0.29) is 12.5 Å². The summed E-state index contributed by atoms with van der Waals surface area (Å²) in [6, 6.07) is 20.3. The van der Waals surface area contributed by atoms with Gasteiger partial charge < -0.3 is 19.7 Å². The van der Waals surface area contributed by atoms with E-state index in [0.717, 1.165) is 11.1 Å². The Bertz CT molecular complexity index is 881. The van der Waals surface area contributed by atoms with Crippen molar-refractivity contribution < 1.29 is 19.1 Å². The lowest BCUT2D eigenvalue weighted by Crippen LogP contribution is -2.47. The maximum Gasteiger partial charge on any atom is 0.408 e. The van der Waals surface area contributed by atoms with Gasteiger partial charge in [-0.1, -0.05) is 74.5 Å². The van der Waals surface area contributed by atoms with Crippen molar-refractivity contribution in [3.63, 3.8) is 0 Å². The molecule has 2 amide bonds. The fraction of sp³-hybridized carbons (Fsp3) is 0.400. The Kier molecular flexibility index (Phi) is 10.2. The Morgan fingerprint density at radius 1 is 1.03 bits per heavy atom. The summed E-state index contributed by atoms with van der Waals surface area (Å²) in [5.41, 5.74) is 1.91. The number of rotatable bonds is 11. The van der Waals surface area contributed by atoms with Gasteiger partial charge in [0.25, 0.3) is 5.91 Å². The molecule has 0 saturated heterocycles. The van der Waals surface area contributed by atoms with Crippen molar-refractivity contribution in [2.24, 2.45) is 5.92 Å². The van der Waals surface area contributed by atoms with Crippen LogP contribution < -0.4 is 5.32 Å². The van der Waals surface area contributed by atoms with Crippen molar-refractivity contribution in [1.29, 1.82) is 5.26 Å². The number of carbonyl (C=O) groups is 2. The average molecular weight is 438 g/mol. The lowest BCUT2D eigenvalue weighted by Gasteiger charge is -2.28. The van der Waals surface area contributed by atoms with E-state index in [1.54, 1.807) is 0 Å². The normalized spacial score (nSPS) is 12.5. The van der Waals surface area contributed by atoms with Gasteiger partial charge in [0.15, 0.2) is 6.10 Å². The van der Waals surface area contributed by atoms with Crippen molar-refractivity contribution in [1.82, 2.24) is 10.2 Å². The zero-order valence-corrected chi connectivity index (χ0v) is 18.9. The molecule has 2 atom stereocenters. The molecule has 2 rings (SSSR count). The second kappa shape index (κ2) is 13.1. The summed E-state index contributed by atoms with van der Waals surface area (Å²) in [5.74, 6) is -0.308. The van der Waals surface area contributed by atoms with E-state index in [4.69, 9.17) is 9.47 Å². The minimum Gasteiger partial charge on any atom is -0.436 e. The molecule has 0 bridgehead atoms. The molecule has 0 heterocycles. The number of likely N-dealkylation sites (N-methyl/N-ethyl adjacent to an activating group) is 1. The van der Waals surface area contributed by atoms with E-state index in [1.165, 1.54) is 11.9 Å². The standard InChI is InChI=1S/C25H31N3O4/c1-19(2)14-23(32-25(30)27-16-20-10-6-4-7-11-20)24(29)28(3)22(15-26)18-31-17-21-12-8-5-9-13-21/h4-13,19,22-23H,14,16-18H2,1-3H3,(H,27,30)/t22-,23+/m1/s1. The number of alkyl carbamates (subject to hydrolysis) is 1. The Balaban J connectivity index is 1.92. The van der Waals surface area contributed by atoms with E-state index in [1.807, 2.05) is 74.5 Å². The molecule has 2 aromatic rings. The van der Waals surface area contributed by atoms with Gasteiger partial charge in [0, 0.05) is 13.6 Å². The second-order valence-electron chi connectivity index (χ2n) is 7.96. The quantitative estimate of drug-likeness (QED) is 0.576. The minimum absolute atomic E-state index is 0.0578. The number of carbonyl (C=O) groups excluding carboxylic acids is 2. The van der Waals surface area contributed by atoms with Gasteiger partial charge in [-0.2, -0.15) is 5.26 Å². The van der Waals surface area contributed by atoms with Crippen LogP contribution in [-0.2, 0) is 27.4 Å². The van der Waals surface area contributed by atoms with Crippen LogP contribution in [0.15, 0.2) is 60.7 Å². The number of hydrogen-bond donors (Lipinski definition) is 1. The molecular formula is C25H31N3O4. The van der Waals surface area contributed by atoms with Gasteiger partial charge in [-0.05, 0) is 23.5 Å². The van der Waals surface area contributed by atoms with Crippen LogP contribution in [0.2, 0.25) is 0 Å². The van der Waals surface area contributed by atoms with Crippen LogP contribution in [0, 0.1) is 17.2 Å². The van der Waals surface area contributed by atoms with Crippen LogP contribution >= 0.6 is 0 Å². The van der Waals surface area contributed by atoms with Crippen LogP contribution in [-0.4, -0.2) is 42.7 Å². The van der Waals surface area contributed by atoms with Gasteiger partial charge in [-0.25, -0.2) is 4.79 Å². The highest BCUT2D eigenvalue weighted by Crippen LogP contribution is 2.14. The number of ether oxygens (including phenoxy) is 2. The van der Waals surface area contributed by atoms with Crippen LogP contribution in [0.1, 0.15) is 31.4 Å². The van der Waals surface area contributed by atoms with E-state index < -0.39 is 24.1 Å². The molecule has 1 N–H and O–H groups in total. The summed E-state index contributed by atoms with van der Waals surface area (Å²) in [6.45, 7) is 4.58. The fourth-order valence-corrected chi connectivity index (χ4v) is 3.05. The maximum absolute atomic E-state index is 13.0. The molecular weight excluding hydrogens is 406 g/mol. The molecule has 7 nitrogen and oxygen atoms in total. The zero-order chi connectivity index (χ0) is 23.3. The van der Waals surface area contributed by atoms with E-state index in [9.17, 15) is 14.9 Å². The minimum atomic E-state index is -0.985. The fourth-order valence-electron chi connectivity index (χ4n) is 3.05. The summed E-state index contributed by atoms with van der Waals surface area (Å²) in [5, 5.41) is 12.2. The zero-order valence-electron chi connectivity index (χ0n) is 18.9. The number of amides is 2. The highest BCUT2D eigenvalue weighted by Gasteiger charge is 2.30. The van der Waals surface area contributed by atoms with E-state index in [0.29, 0.717) is 19.6 Å². The predicted molar refractivity (Wildman–Crippen MR) is 121 cm³/mol. The highest BCUT2D eigenvalue weighted by atomic mass is 16.6. The molecule has 0 spiro atoms. The van der Waals surface area contributed by atoms with Crippen LogP contribution in [0.25, 0.3) is 0 Å². The van der Waals surface area contributed by atoms with Gasteiger partial charge >= 0.3 is 6.09 Å². The van der Waals surface area contributed by atoms with Crippen LogP contribution in [0.5, 0.6) is 0 Å². The topological polar surface area (TPSA) is 91.7 Å². The Morgan fingerprint density at radius 3 is 2.19 bits per heavy atom. The van der Waals surface area contributed by atoms with Crippen molar-refractivity contribution in [2.75, 3.05) is 13.7 Å². The Morgan fingerprint density at radius 2 is 1.62 bits per heavy atom. The van der Waals surface area contributed by atoms with Crippen LogP contribution in [0.4, 0.5) is 4.79 Å². The van der Waals surface area contributed by atoms with E-state index >= 15 is 0 Å². The summed E-state index contributed by atoms with van der Waals surface area (Å²) < 4.78 is 11.1. The average Bonchev–Trinajstić information content (AvgIpc) is 2.80. The van der Waals surface area contributed by atoms with Crippen molar-refractivity contribution >= 4 is 12.0 Å². The number of nitrogens with one attached hydrogen (secondary N) is 1. The summed E-state index contributed by atoms with van der Waals surface area (Å²) in [4.78, 5) is 26.6. The molecule has 0 aromatic heterocycles. The number of hydrogen-bond acceptors (Lipinski definition) is 5. The van der Waals surface area contributed by atoms with Gasteiger partial charge in [0.2, 0.25) is 0 Å². The van der Waals surface area contributed by atoms with Crippen molar-refractivity contribution in [2.45, 2.75) is 45.6 Å². The lowest BCUT2D eigenvalue weighted by molar-refractivity contribution is -0.142. The van der Waals surface area contributed by atoms with E-state index in [2.05, 4.69) is 11.4 Å². The second-order valence-corrected chi connectivity index (χ2v) is 7.96. The highest BCUT2D eigenvalue weighted by molar-refractivity contribution is 5.83. The molecule has 0 radical (unpaired) electrons. The molecule has 0 aliphatic carbocycles. The molecule has 0 aliphatic heterocycles. The van der Waals surface area contributed by atoms with Gasteiger partial charge in [0.05, 0.1) is 19.3 Å². The molecule has 0 fully saturated rings. The molecule has 32 heavy (non-hydrogen) atoms. The van der Waals surface area contributed by atoms with Crippen molar-refractivity contribution in [3.05, 3.63) is 71.8 Å². The lowest BCUT2D eigenvalue weighted by atomic mass is 10.0.